The van der Waals surface area contributed by atoms with Crippen LogP contribution in [0.5, 0.6) is 34.5 Å². The highest BCUT2D eigenvalue weighted by atomic mass is 16.5. The monoisotopic (exact) mass is 434 g/mol. The van der Waals surface area contributed by atoms with Gasteiger partial charge in [-0.25, -0.2) is 0 Å². The highest BCUT2D eigenvalue weighted by molar-refractivity contribution is 5.99. The summed E-state index contributed by atoms with van der Waals surface area (Å²) in [4.78, 5) is 13.3. The fraction of sp³-hybridized carbons (Fsp3) is 0.409. The molecule has 1 aliphatic heterocycles. The number of phenolic OH excluding ortho intramolecular Hbond substituents is 2. The minimum atomic E-state index is -0.653. The number of phenols is 2. The highest BCUT2D eigenvalue weighted by Crippen LogP contribution is 2.46. The Labute approximate surface area is 179 Å². The number of Topliss-reactive ketones (excluding diaryl/α,β-unsaturated/α-hetero) is 1. The number of methoxy groups -OCH3 is 4. The molecule has 31 heavy (non-hydrogen) atoms. The maximum Gasteiger partial charge on any atom is 0.200 e. The Balaban J connectivity index is 1.95. The first-order valence-electron chi connectivity index (χ1n) is 9.56. The van der Waals surface area contributed by atoms with Crippen molar-refractivity contribution in [1.82, 2.24) is 0 Å². The molecule has 9 heteroatoms. The van der Waals surface area contributed by atoms with Crippen LogP contribution in [0.2, 0.25) is 0 Å². The summed E-state index contributed by atoms with van der Waals surface area (Å²) in [7, 11) is 5.57. The summed E-state index contributed by atoms with van der Waals surface area (Å²) in [6.45, 7) is -0.231. The van der Waals surface area contributed by atoms with Crippen molar-refractivity contribution in [2.45, 2.75) is 6.10 Å². The zero-order valence-electron chi connectivity index (χ0n) is 17.7. The molecule has 2 aromatic carbocycles. The van der Waals surface area contributed by atoms with Crippen LogP contribution in [0.3, 0.4) is 0 Å². The van der Waals surface area contributed by atoms with Crippen LogP contribution in [0, 0.1) is 11.8 Å². The van der Waals surface area contributed by atoms with Crippen molar-refractivity contribution in [2.75, 3.05) is 41.7 Å². The molecule has 2 aromatic rings. The third-order valence-electron chi connectivity index (χ3n) is 5.50. The predicted octanol–water partition coefficient (Wildman–Crippen LogP) is 2.31. The van der Waals surface area contributed by atoms with Gasteiger partial charge in [-0.3, -0.25) is 4.79 Å². The highest BCUT2D eigenvalue weighted by Gasteiger charge is 2.42. The first kappa shape index (κ1) is 22.5. The molecule has 9 nitrogen and oxygen atoms in total. The summed E-state index contributed by atoms with van der Waals surface area (Å²) in [5.41, 5.74) is 0.863. The molecule has 1 fully saturated rings. The molecule has 1 aliphatic rings. The summed E-state index contributed by atoms with van der Waals surface area (Å²) in [5.74, 6) is -1.26. The van der Waals surface area contributed by atoms with Crippen LogP contribution >= 0.6 is 0 Å². The van der Waals surface area contributed by atoms with Crippen molar-refractivity contribution in [3.8, 4) is 34.5 Å². The molecule has 3 atom stereocenters. The zero-order chi connectivity index (χ0) is 22.7. The van der Waals surface area contributed by atoms with Gasteiger partial charge in [-0.1, -0.05) is 0 Å². The van der Waals surface area contributed by atoms with E-state index in [0.717, 1.165) is 0 Å². The van der Waals surface area contributed by atoms with E-state index in [1.165, 1.54) is 40.6 Å². The van der Waals surface area contributed by atoms with Crippen LogP contribution in [-0.2, 0) is 4.74 Å². The van der Waals surface area contributed by atoms with Gasteiger partial charge in [-0.15, -0.1) is 0 Å². The Kier molecular flexibility index (Phi) is 6.77. The first-order chi connectivity index (χ1) is 14.9. The summed E-state index contributed by atoms with van der Waals surface area (Å²) < 4.78 is 26.5. The average Bonchev–Trinajstić information content (AvgIpc) is 3.23. The third kappa shape index (κ3) is 4.06. The van der Waals surface area contributed by atoms with E-state index in [1.807, 2.05) is 0 Å². The number of aliphatic hydroxyl groups is 1. The van der Waals surface area contributed by atoms with E-state index < -0.39 is 17.9 Å². The Morgan fingerprint density at radius 2 is 1.35 bits per heavy atom. The molecule has 0 unspecified atom stereocenters. The van der Waals surface area contributed by atoms with E-state index in [9.17, 15) is 20.1 Å². The molecule has 0 bridgehead atoms. The Morgan fingerprint density at radius 1 is 0.903 bits per heavy atom. The molecule has 0 spiro atoms. The van der Waals surface area contributed by atoms with Crippen molar-refractivity contribution in [3.63, 3.8) is 0 Å². The van der Waals surface area contributed by atoms with E-state index in [0.29, 0.717) is 5.56 Å². The standard InChI is InChI=1S/C22H26O9/c1-27-15-5-11(6-16(28-2)20(15)25)19(24)14-10-31-22(13(14)9-23)12-7-17(29-3)21(26)18(8-12)30-4/h5-8,13-14,22-23,25-26H,9-10H2,1-4H3/t13-,14+,22-/m1/s1. The number of ether oxygens (including phenoxy) is 5. The Bertz CT molecular complexity index is 906. The third-order valence-corrected chi connectivity index (χ3v) is 5.50. The summed E-state index contributed by atoms with van der Waals surface area (Å²) in [6.07, 6.45) is -0.622. The van der Waals surface area contributed by atoms with Crippen LogP contribution in [0.15, 0.2) is 24.3 Å². The van der Waals surface area contributed by atoms with Crippen LogP contribution in [-0.4, -0.2) is 62.8 Å². The number of hydrogen-bond donors (Lipinski definition) is 3. The molecule has 0 aliphatic carbocycles. The van der Waals surface area contributed by atoms with Gasteiger partial charge in [-0.2, -0.15) is 0 Å². The first-order valence-corrected chi connectivity index (χ1v) is 9.56. The minimum absolute atomic E-state index is 0.0751. The molecule has 0 saturated carbocycles. The fourth-order valence-corrected chi connectivity index (χ4v) is 3.83. The lowest BCUT2D eigenvalue weighted by Gasteiger charge is -2.22. The van der Waals surface area contributed by atoms with E-state index in [2.05, 4.69) is 0 Å². The molecule has 3 N–H and O–H groups in total. The van der Waals surface area contributed by atoms with Crippen molar-refractivity contribution in [2.24, 2.45) is 11.8 Å². The molecule has 1 saturated heterocycles. The van der Waals surface area contributed by atoms with Gasteiger partial charge in [0, 0.05) is 18.1 Å². The second-order valence-electron chi connectivity index (χ2n) is 7.07. The van der Waals surface area contributed by atoms with Gasteiger partial charge >= 0.3 is 0 Å². The fourth-order valence-electron chi connectivity index (χ4n) is 3.83. The molecular formula is C22H26O9. The lowest BCUT2D eigenvalue weighted by Crippen LogP contribution is -2.26. The van der Waals surface area contributed by atoms with E-state index >= 15 is 0 Å². The van der Waals surface area contributed by atoms with E-state index in [-0.39, 0.29) is 59.1 Å². The second kappa shape index (κ2) is 9.32. The Morgan fingerprint density at radius 3 is 1.77 bits per heavy atom. The number of aromatic hydroxyl groups is 2. The number of aliphatic hydroxyl groups excluding tert-OH is 1. The van der Waals surface area contributed by atoms with Crippen molar-refractivity contribution in [3.05, 3.63) is 35.4 Å². The number of carbonyl (C=O) groups is 1. The average molecular weight is 434 g/mol. The number of carbonyl (C=O) groups excluding carboxylic acids is 1. The predicted molar refractivity (Wildman–Crippen MR) is 110 cm³/mol. The Hall–Kier alpha value is -3.17. The smallest absolute Gasteiger partial charge is 0.200 e. The van der Waals surface area contributed by atoms with Gasteiger partial charge in [0.15, 0.2) is 28.8 Å². The lowest BCUT2D eigenvalue weighted by molar-refractivity contribution is 0.0711. The normalized spacial score (nSPS) is 20.4. The molecule has 0 aromatic heterocycles. The summed E-state index contributed by atoms with van der Waals surface area (Å²) in [6, 6.07) is 6.03. The van der Waals surface area contributed by atoms with Crippen molar-refractivity contribution in [1.29, 1.82) is 0 Å². The van der Waals surface area contributed by atoms with Crippen LogP contribution in [0.25, 0.3) is 0 Å². The maximum absolute atomic E-state index is 13.3. The number of hydrogen-bond acceptors (Lipinski definition) is 9. The quantitative estimate of drug-likeness (QED) is 0.537. The van der Waals surface area contributed by atoms with Crippen LogP contribution < -0.4 is 18.9 Å². The van der Waals surface area contributed by atoms with Gasteiger partial charge in [0.1, 0.15) is 0 Å². The van der Waals surface area contributed by atoms with Gasteiger partial charge in [-0.05, 0) is 29.8 Å². The molecule has 0 amide bonds. The zero-order valence-corrected chi connectivity index (χ0v) is 17.7. The molecular weight excluding hydrogens is 408 g/mol. The second-order valence-corrected chi connectivity index (χ2v) is 7.07. The van der Waals surface area contributed by atoms with Crippen LogP contribution in [0.4, 0.5) is 0 Å². The lowest BCUT2D eigenvalue weighted by atomic mass is 9.83. The number of benzene rings is 2. The molecule has 0 radical (unpaired) electrons. The SMILES string of the molecule is COc1cc(C(=O)[C@H]2CO[C@H](c3cc(OC)c(O)c(OC)c3)[C@@H]2CO)cc(OC)c1O. The number of ketones is 1. The van der Waals surface area contributed by atoms with Gasteiger partial charge in [0.05, 0.1) is 47.1 Å². The van der Waals surface area contributed by atoms with Crippen molar-refractivity contribution < 1.29 is 43.8 Å². The maximum atomic E-state index is 13.3. The minimum Gasteiger partial charge on any atom is -0.502 e. The number of rotatable bonds is 8. The molecule has 3 rings (SSSR count). The van der Waals surface area contributed by atoms with Crippen molar-refractivity contribution >= 4 is 5.78 Å². The molecule has 1 heterocycles. The summed E-state index contributed by atoms with van der Waals surface area (Å²) >= 11 is 0. The van der Waals surface area contributed by atoms with Gasteiger partial charge in [0.25, 0.3) is 0 Å². The van der Waals surface area contributed by atoms with E-state index in [4.69, 9.17) is 23.7 Å². The largest absolute Gasteiger partial charge is 0.502 e. The summed E-state index contributed by atoms with van der Waals surface area (Å²) in [5, 5.41) is 30.3. The topological polar surface area (TPSA) is 124 Å². The molecule has 168 valence electrons. The van der Waals surface area contributed by atoms with Gasteiger partial charge in [0.2, 0.25) is 11.5 Å². The van der Waals surface area contributed by atoms with Gasteiger partial charge < -0.3 is 39.0 Å². The van der Waals surface area contributed by atoms with Crippen LogP contribution in [0.1, 0.15) is 22.0 Å². The van der Waals surface area contributed by atoms with E-state index in [1.54, 1.807) is 12.1 Å².